The van der Waals surface area contributed by atoms with Gasteiger partial charge in [-0.3, -0.25) is 0 Å². The third-order valence-corrected chi connectivity index (χ3v) is 5.40. The fourth-order valence-corrected chi connectivity index (χ4v) is 3.49. The highest BCUT2D eigenvalue weighted by molar-refractivity contribution is 7.89. The van der Waals surface area contributed by atoms with Crippen molar-refractivity contribution in [2.45, 2.75) is 10.9 Å². The van der Waals surface area contributed by atoms with Crippen molar-refractivity contribution in [3.8, 4) is 11.5 Å². The molecule has 136 valence electrons. The molecule has 0 saturated carbocycles. The minimum absolute atomic E-state index is 0.0982. The van der Waals surface area contributed by atoms with Crippen LogP contribution in [0, 0.1) is 0 Å². The smallest absolute Gasteiger partial charge is 0.240 e. The first kappa shape index (κ1) is 19.2. The van der Waals surface area contributed by atoms with E-state index >= 15 is 0 Å². The van der Waals surface area contributed by atoms with Crippen LogP contribution < -0.4 is 14.2 Å². The topological polar surface area (TPSA) is 67.9 Å². The molecule has 0 aromatic heterocycles. The Morgan fingerprint density at radius 1 is 0.920 bits per heavy atom. The second-order valence-electron chi connectivity index (χ2n) is 5.78. The van der Waals surface area contributed by atoms with Crippen LogP contribution in [0.2, 0.25) is 0 Å². The summed E-state index contributed by atoms with van der Waals surface area (Å²) < 4.78 is 37.9. The summed E-state index contributed by atoms with van der Waals surface area (Å²) in [5, 5.41) is 0. The Bertz CT molecular complexity index is 772. The average Bonchev–Trinajstić information content (AvgIpc) is 2.62. The number of rotatable bonds is 8. The molecule has 0 saturated heterocycles. The molecule has 2 aromatic rings. The molecule has 0 aliphatic carbocycles. The van der Waals surface area contributed by atoms with Crippen molar-refractivity contribution < 1.29 is 17.9 Å². The van der Waals surface area contributed by atoms with Crippen molar-refractivity contribution in [2.24, 2.45) is 0 Å². The van der Waals surface area contributed by atoms with Crippen LogP contribution in [0.3, 0.4) is 0 Å². The predicted octanol–water partition coefficient (Wildman–Crippen LogP) is 2.29. The van der Waals surface area contributed by atoms with Crippen LogP contribution in [0.5, 0.6) is 11.5 Å². The lowest BCUT2D eigenvalue weighted by Crippen LogP contribution is -2.34. The Morgan fingerprint density at radius 2 is 1.40 bits per heavy atom. The van der Waals surface area contributed by atoms with Gasteiger partial charge >= 0.3 is 0 Å². The summed E-state index contributed by atoms with van der Waals surface area (Å²) in [5.41, 5.74) is 1.00. The molecular weight excluding hydrogens is 340 g/mol. The Hall–Kier alpha value is -2.09. The zero-order valence-corrected chi connectivity index (χ0v) is 15.7. The summed E-state index contributed by atoms with van der Waals surface area (Å²) in [6.45, 7) is 0.258. The fraction of sp³-hybridized carbons (Fsp3) is 0.333. The third kappa shape index (κ3) is 4.94. The SMILES string of the molecule is COc1ccc(C(CNS(=O)(=O)c2ccc(OC)cc2)N(C)C)cc1. The zero-order chi connectivity index (χ0) is 18.4. The van der Waals surface area contributed by atoms with Crippen molar-refractivity contribution in [1.82, 2.24) is 9.62 Å². The molecule has 6 nitrogen and oxygen atoms in total. The second kappa shape index (κ2) is 8.33. The first-order chi connectivity index (χ1) is 11.9. The van der Waals surface area contributed by atoms with Gasteiger partial charge in [-0.1, -0.05) is 12.1 Å². The zero-order valence-electron chi connectivity index (χ0n) is 14.9. The van der Waals surface area contributed by atoms with E-state index in [0.29, 0.717) is 5.75 Å². The average molecular weight is 364 g/mol. The highest BCUT2D eigenvalue weighted by atomic mass is 32.2. The molecule has 2 rings (SSSR count). The molecule has 1 atom stereocenters. The maximum atomic E-state index is 12.5. The van der Waals surface area contributed by atoms with E-state index in [4.69, 9.17) is 9.47 Å². The Balaban J connectivity index is 2.13. The molecule has 0 amide bonds. The lowest BCUT2D eigenvalue weighted by Gasteiger charge is -2.25. The number of nitrogens with one attached hydrogen (secondary N) is 1. The predicted molar refractivity (Wildman–Crippen MR) is 97.6 cm³/mol. The van der Waals surface area contributed by atoms with Crippen molar-refractivity contribution >= 4 is 10.0 Å². The van der Waals surface area contributed by atoms with E-state index in [2.05, 4.69) is 4.72 Å². The molecule has 1 N–H and O–H groups in total. The largest absolute Gasteiger partial charge is 0.497 e. The molecule has 0 radical (unpaired) electrons. The molecule has 1 unspecified atom stereocenters. The van der Waals surface area contributed by atoms with Gasteiger partial charge in [0.05, 0.1) is 19.1 Å². The Morgan fingerprint density at radius 3 is 1.84 bits per heavy atom. The number of methoxy groups -OCH3 is 2. The molecule has 2 aromatic carbocycles. The first-order valence-corrected chi connectivity index (χ1v) is 9.30. The number of nitrogens with zero attached hydrogens (tertiary/aromatic N) is 1. The minimum atomic E-state index is -3.59. The van der Waals surface area contributed by atoms with E-state index in [-0.39, 0.29) is 17.5 Å². The van der Waals surface area contributed by atoms with Crippen molar-refractivity contribution in [3.05, 3.63) is 54.1 Å². The van der Waals surface area contributed by atoms with Crippen LogP contribution in [-0.2, 0) is 10.0 Å². The van der Waals surface area contributed by atoms with Crippen LogP contribution in [0.15, 0.2) is 53.4 Å². The molecule has 0 heterocycles. The molecule has 7 heteroatoms. The highest BCUT2D eigenvalue weighted by Gasteiger charge is 2.19. The van der Waals surface area contributed by atoms with E-state index < -0.39 is 10.0 Å². The van der Waals surface area contributed by atoms with Gasteiger partial charge in [-0.2, -0.15) is 0 Å². The van der Waals surface area contributed by atoms with Gasteiger partial charge in [0.15, 0.2) is 0 Å². The van der Waals surface area contributed by atoms with Gasteiger partial charge in [-0.25, -0.2) is 13.1 Å². The minimum Gasteiger partial charge on any atom is -0.497 e. The molecule has 0 fully saturated rings. The van der Waals surface area contributed by atoms with E-state index in [9.17, 15) is 8.42 Å². The van der Waals surface area contributed by atoms with Crippen LogP contribution in [0.4, 0.5) is 0 Å². The standard InChI is InChI=1S/C18H24N2O4S/c1-20(2)18(14-5-7-15(23-3)8-6-14)13-19-25(21,22)17-11-9-16(24-4)10-12-17/h5-12,18-19H,13H2,1-4H3. The number of benzene rings is 2. The van der Waals surface area contributed by atoms with Gasteiger partial charge in [0.1, 0.15) is 11.5 Å². The number of hydrogen-bond acceptors (Lipinski definition) is 5. The van der Waals surface area contributed by atoms with Crippen LogP contribution in [-0.4, -0.2) is 48.2 Å². The van der Waals surface area contributed by atoms with E-state index in [0.717, 1.165) is 11.3 Å². The highest BCUT2D eigenvalue weighted by Crippen LogP contribution is 2.22. The lowest BCUT2D eigenvalue weighted by atomic mass is 10.1. The molecule has 0 bridgehead atoms. The summed E-state index contributed by atoms with van der Waals surface area (Å²) in [7, 11) is 3.39. The van der Waals surface area contributed by atoms with Crippen LogP contribution in [0.1, 0.15) is 11.6 Å². The Kier molecular flexibility index (Phi) is 6.41. The lowest BCUT2D eigenvalue weighted by molar-refractivity contribution is 0.299. The molecule has 25 heavy (non-hydrogen) atoms. The van der Waals surface area contributed by atoms with Gasteiger partial charge in [-0.05, 0) is 56.1 Å². The quantitative estimate of drug-likeness (QED) is 0.778. The monoisotopic (exact) mass is 364 g/mol. The number of sulfonamides is 1. The molecule has 0 spiro atoms. The summed E-state index contributed by atoms with van der Waals surface area (Å²) in [6.07, 6.45) is 0. The van der Waals surface area contributed by atoms with Gasteiger partial charge in [0.2, 0.25) is 10.0 Å². The van der Waals surface area contributed by atoms with Gasteiger partial charge < -0.3 is 14.4 Å². The summed E-state index contributed by atoms with van der Waals surface area (Å²) >= 11 is 0. The van der Waals surface area contributed by atoms with Crippen molar-refractivity contribution in [1.29, 1.82) is 0 Å². The first-order valence-electron chi connectivity index (χ1n) is 7.81. The molecule has 0 aliphatic heterocycles. The van der Waals surface area contributed by atoms with E-state index in [1.807, 2.05) is 43.3 Å². The normalized spacial score (nSPS) is 12.8. The number of ether oxygens (including phenoxy) is 2. The van der Waals surface area contributed by atoms with Crippen LogP contribution in [0.25, 0.3) is 0 Å². The maximum Gasteiger partial charge on any atom is 0.240 e. The summed E-state index contributed by atoms with van der Waals surface area (Å²) in [4.78, 5) is 2.18. The fourth-order valence-electron chi connectivity index (χ4n) is 2.45. The van der Waals surface area contributed by atoms with Crippen molar-refractivity contribution in [3.63, 3.8) is 0 Å². The second-order valence-corrected chi connectivity index (χ2v) is 7.55. The van der Waals surface area contributed by atoms with E-state index in [1.165, 1.54) is 19.2 Å². The number of hydrogen-bond donors (Lipinski definition) is 1. The summed E-state index contributed by atoms with van der Waals surface area (Å²) in [6, 6.07) is 13.8. The number of likely N-dealkylation sites (N-methyl/N-ethyl adjacent to an activating group) is 1. The maximum absolute atomic E-state index is 12.5. The van der Waals surface area contributed by atoms with Crippen molar-refractivity contribution in [2.75, 3.05) is 34.9 Å². The molecular formula is C18H24N2O4S. The Labute approximate surface area is 149 Å². The van der Waals surface area contributed by atoms with Gasteiger partial charge in [0, 0.05) is 12.6 Å². The van der Waals surface area contributed by atoms with E-state index in [1.54, 1.807) is 19.2 Å². The molecule has 0 aliphatic rings. The summed E-state index contributed by atoms with van der Waals surface area (Å²) in [5.74, 6) is 1.38. The van der Waals surface area contributed by atoms with Gasteiger partial charge in [-0.15, -0.1) is 0 Å². The van der Waals surface area contributed by atoms with Crippen LogP contribution >= 0.6 is 0 Å². The van der Waals surface area contributed by atoms with Gasteiger partial charge in [0.25, 0.3) is 0 Å². The third-order valence-electron chi connectivity index (χ3n) is 3.96.